The first-order chi connectivity index (χ1) is 10.2. The third-order valence-corrected chi connectivity index (χ3v) is 4.39. The highest BCUT2D eigenvalue weighted by Gasteiger charge is 2.19. The number of nitrogens with one attached hydrogen (secondary N) is 2. The van der Waals surface area contributed by atoms with E-state index in [1.165, 1.54) is 44.2 Å². The Morgan fingerprint density at radius 1 is 1.14 bits per heavy atom. The summed E-state index contributed by atoms with van der Waals surface area (Å²) in [6.07, 6.45) is 6.48. The molecule has 1 amide bonds. The average molecular weight is 292 g/mol. The van der Waals surface area contributed by atoms with Crippen molar-refractivity contribution in [3.05, 3.63) is 30.1 Å². The topological polar surface area (TPSA) is 41.1 Å². The standard InChI is InChI=1S/C17H25FN2O/c1-2-13-3-5-14(6-4-13)11-19-12-17(21)20-16-9-7-15(18)8-10-16/h7-10,13-14,19H,2-6,11-12H2,1H3,(H,20,21). The number of rotatable bonds is 6. The van der Waals surface area contributed by atoms with Crippen molar-refractivity contribution >= 4 is 11.6 Å². The predicted molar refractivity (Wildman–Crippen MR) is 83.6 cm³/mol. The van der Waals surface area contributed by atoms with Crippen LogP contribution in [-0.2, 0) is 4.79 Å². The van der Waals surface area contributed by atoms with E-state index in [-0.39, 0.29) is 11.7 Å². The van der Waals surface area contributed by atoms with Crippen LogP contribution in [0.15, 0.2) is 24.3 Å². The Kier molecular flexibility index (Phi) is 6.18. The Labute approximate surface area is 126 Å². The smallest absolute Gasteiger partial charge is 0.238 e. The number of halogens is 1. The van der Waals surface area contributed by atoms with E-state index in [9.17, 15) is 9.18 Å². The Balaban J connectivity index is 1.62. The number of hydrogen-bond acceptors (Lipinski definition) is 2. The van der Waals surface area contributed by atoms with Crippen molar-refractivity contribution in [1.82, 2.24) is 5.32 Å². The van der Waals surface area contributed by atoms with Crippen molar-refractivity contribution in [1.29, 1.82) is 0 Å². The van der Waals surface area contributed by atoms with Crippen molar-refractivity contribution in [3.8, 4) is 0 Å². The van der Waals surface area contributed by atoms with Crippen LogP contribution in [0.2, 0.25) is 0 Å². The summed E-state index contributed by atoms with van der Waals surface area (Å²) in [7, 11) is 0. The van der Waals surface area contributed by atoms with Gasteiger partial charge in [-0.15, -0.1) is 0 Å². The molecule has 1 aromatic carbocycles. The molecule has 0 aliphatic heterocycles. The predicted octanol–water partition coefficient (Wildman–Crippen LogP) is 3.57. The van der Waals surface area contributed by atoms with Gasteiger partial charge in [-0.25, -0.2) is 4.39 Å². The lowest BCUT2D eigenvalue weighted by molar-refractivity contribution is -0.115. The van der Waals surface area contributed by atoms with Gasteiger partial charge in [-0.2, -0.15) is 0 Å². The zero-order chi connectivity index (χ0) is 15.1. The Hall–Kier alpha value is -1.42. The fourth-order valence-corrected chi connectivity index (χ4v) is 2.97. The molecule has 0 spiro atoms. The summed E-state index contributed by atoms with van der Waals surface area (Å²) < 4.78 is 12.8. The van der Waals surface area contributed by atoms with Gasteiger partial charge in [-0.1, -0.05) is 26.2 Å². The molecule has 0 heterocycles. The molecule has 21 heavy (non-hydrogen) atoms. The molecule has 0 radical (unpaired) electrons. The van der Waals surface area contributed by atoms with Crippen LogP contribution >= 0.6 is 0 Å². The molecule has 1 saturated carbocycles. The lowest BCUT2D eigenvalue weighted by Gasteiger charge is -2.27. The van der Waals surface area contributed by atoms with Crippen molar-refractivity contribution in [2.75, 3.05) is 18.4 Å². The maximum atomic E-state index is 12.8. The summed E-state index contributed by atoms with van der Waals surface area (Å²) in [6, 6.07) is 5.82. The highest BCUT2D eigenvalue weighted by Crippen LogP contribution is 2.29. The maximum Gasteiger partial charge on any atom is 0.238 e. The van der Waals surface area contributed by atoms with E-state index in [1.54, 1.807) is 12.1 Å². The second-order valence-corrected chi connectivity index (χ2v) is 5.98. The van der Waals surface area contributed by atoms with Gasteiger partial charge in [0, 0.05) is 5.69 Å². The number of carbonyl (C=O) groups is 1. The minimum atomic E-state index is -0.297. The molecule has 0 bridgehead atoms. The summed E-state index contributed by atoms with van der Waals surface area (Å²) in [5, 5.41) is 5.99. The normalized spacial score (nSPS) is 22.0. The molecule has 0 atom stereocenters. The number of anilines is 1. The van der Waals surface area contributed by atoms with Crippen LogP contribution in [0, 0.1) is 17.7 Å². The summed E-state index contributed by atoms with van der Waals surface area (Å²) in [5.74, 6) is 1.23. The van der Waals surface area contributed by atoms with E-state index in [0.29, 0.717) is 18.2 Å². The van der Waals surface area contributed by atoms with Gasteiger partial charge in [0.2, 0.25) is 5.91 Å². The molecule has 1 aliphatic rings. The fourth-order valence-electron chi connectivity index (χ4n) is 2.97. The van der Waals surface area contributed by atoms with Crippen molar-refractivity contribution in [2.45, 2.75) is 39.0 Å². The van der Waals surface area contributed by atoms with Crippen LogP contribution in [0.25, 0.3) is 0 Å². The van der Waals surface area contributed by atoms with E-state index >= 15 is 0 Å². The van der Waals surface area contributed by atoms with Gasteiger partial charge in [0.05, 0.1) is 6.54 Å². The van der Waals surface area contributed by atoms with Gasteiger partial charge in [-0.05, 0) is 55.5 Å². The third-order valence-electron chi connectivity index (χ3n) is 4.39. The highest BCUT2D eigenvalue weighted by molar-refractivity contribution is 5.92. The Morgan fingerprint density at radius 2 is 1.76 bits per heavy atom. The molecular formula is C17H25FN2O. The monoisotopic (exact) mass is 292 g/mol. The van der Waals surface area contributed by atoms with Gasteiger partial charge in [0.1, 0.15) is 5.82 Å². The molecule has 1 fully saturated rings. The lowest BCUT2D eigenvalue weighted by atomic mass is 9.81. The zero-order valence-electron chi connectivity index (χ0n) is 12.7. The molecule has 1 aromatic rings. The molecule has 3 nitrogen and oxygen atoms in total. The molecule has 2 rings (SSSR count). The summed E-state index contributed by atoms with van der Waals surface area (Å²) in [4.78, 5) is 11.8. The minimum absolute atomic E-state index is 0.0798. The Morgan fingerprint density at radius 3 is 2.38 bits per heavy atom. The van der Waals surface area contributed by atoms with Crippen LogP contribution in [-0.4, -0.2) is 19.0 Å². The van der Waals surface area contributed by atoms with Gasteiger partial charge >= 0.3 is 0 Å². The van der Waals surface area contributed by atoms with Gasteiger partial charge < -0.3 is 10.6 Å². The number of benzene rings is 1. The van der Waals surface area contributed by atoms with E-state index in [1.807, 2.05) is 0 Å². The van der Waals surface area contributed by atoms with Crippen molar-refractivity contribution in [3.63, 3.8) is 0 Å². The van der Waals surface area contributed by atoms with E-state index in [0.717, 1.165) is 12.5 Å². The molecular weight excluding hydrogens is 267 g/mol. The average Bonchev–Trinajstić information content (AvgIpc) is 2.50. The third kappa shape index (κ3) is 5.46. The van der Waals surface area contributed by atoms with E-state index in [2.05, 4.69) is 17.6 Å². The quantitative estimate of drug-likeness (QED) is 0.841. The largest absolute Gasteiger partial charge is 0.325 e. The van der Waals surface area contributed by atoms with Crippen LogP contribution in [0.3, 0.4) is 0 Å². The molecule has 0 aromatic heterocycles. The summed E-state index contributed by atoms with van der Waals surface area (Å²) >= 11 is 0. The first-order valence-electron chi connectivity index (χ1n) is 7.93. The molecule has 0 saturated heterocycles. The van der Waals surface area contributed by atoms with Gasteiger partial charge in [0.25, 0.3) is 0 Å². The molecule has 2 N–H and O–H groups in total. The second-order valence-electron chi connectivity index (χ2n) is 5.98. The summed E-state index contributed by atoms with van der Waals surface area (Å²) in [6.45, 7) is 3.49. The second kappa shape index (κ2) is 8.13. The SMILES string of the molecule is CCC1CCC(CNCC(=O)Nc2ccc(F)cc2)CC1. The summed E-state index contributed by atoms with van der Waals surface area (Å²) in [5.41, 5.74) is 0.631. The van der Waals surface area contributed by atoms with Crippen LogP contribution < -0.4 is 10.6 Å². The Bertz CT molecular complexity index is 439. The molecule has 116 valence electrons. The van der Waals surface area contributed by atoms with Crippen molar-refractivity contribution < 1.29 is 9.18 Å². The molecule has 0 unspecified atom stereocenters. The lowest BCUT2D eigenvalue weighted by Crippen LogP contribution is -2.33. The van der Waals surface area contributed by atoms with Crippen LogP contribution in [0.1, 0.15) is 39.0 Å². The van der Waals surface area contributed by atoms with E-state index in [4.69, 9.17) is 0 Å². The number of hydrogen-bond donors (Lipinski definition) is 2. The zero-order valence-corrected chi connectivity index (χ0v) is 12.7. The van der Waals surface area contributed by atoms with E-state index < -0.39 is 0 Å². The first kappa shape index (κ1) is 16.0. The van der Waals surface area contributed by atoms with Gasteiger partial charge in [-0.3, -0.25) is 4.79 Å². The fraction of sp³-hybridized carbons (Fsp3) is 0.588. The molecule has 4 heteroatoms. The van der Waals surface area contributed by atoms with Crippen LogP contribution in [0.4, 0.5) is 10.1 Å². The van der Waals surface area contributed by atoms with Crippen LogP contribution in [0.5, 0.6) is 0 Å². The number of carbonyl (C=O) groups excluding carboxylic acids is 1. The first-order valence-corrected chi connectivity index (χ1v) is 7.93. The maximum absolute atomic E-state index is 12.8. The van der Waals surface area contributed by atoms with Crippen molar-refractivity contribution in [2.24, 2.45) is 11.8 Å². The highest BCUT2D eigenvalue weighted by atomic mass is 19.1. The molecule has 1 aliphatic carbocycles. The van der Waals surface area contributed by atoms with Gasteiger partial charge in [0.15, 0.2) is 0 Å². The minimum Gasteiger partial charge on any atom is -0.325 e. The number of amides is 1.